The molecule has 4 rings (SSSR count). The summed E-state index contributed by atoms with van der Waals surface area (Å²) in [5.41, 5.74) is 1.33. The molecule has 0 aliphatic heterocycles. The molecule has 0 saturated heterocycles. The number of fused-ring (bicyclic) bond motifs is 2. The van der Waals surface area contributed by atoms with Crippen molar-refractivity contribution in [1.82, 2.24) is 29.8 Å². The fourth-order valence-corrected chi connectivity index (χ4v) is 4.77. The summed E-state index contributed by atoms with van der Waals surface area (Å²) >= 11 is 7.82. The zero-order valence-corrected chi connectivity index (χ0v) is 23.2. The first-order valence-electron chi connectivity index (χ1n) is 11.9. The normalized spacial score (nSPS) is 13.1. The molecule has 1 aromatic carbocycles. The lowest BCUT2D eigenvalue weighted by Gasteiger charge is -2.29. The number of benzene rings is 1. The molecule has 0 bridgehead atoms. The summed E-state index contributed by atoms with van der Waals surface area (Å²) in [6.45, 7) is 11.4. The Hall–Kier alpha value is -3.31. The van der Waals surface area contributed by atoms with Gasteiger partial charge in [0.25, 0.3) is 5.56 Å². The van der Waals surface area contributed by atoms with Gasteiger partial charge in [-0.25, -0.2) is 24.7 Å². The van der Waals surface area contributed by atoms with E-state index < -0.39 is 23.3 Å². The lowest BCUT2D eigenvalue weighted by atomic mass is 10.0. The van der Waals surface area contributed by atoms with E-state index >= 15 is 0 Å². The van der Waals surface area contributed by atoms with E-state index in [9.17, 15) is 9.59 Å². The monoisotopic (exact) mass is 543 g/mol. The molecule has 1 atom stereocenters. The highest BCUT2D eigenvalue weighted by Gasteiger charge is 2.26. The number of hydrogen-bond donors (Lipinski definition) is 2. The van der Waals surface area contributed by atoms with Gasteiger partial charge in [-0.1, -0.05) is 17.7 Å². The molecule has 0 aliphatic rings. The molecule has 0 saturated carbocycles. The highest BCUT2D eigenvalue weighted by Crippen LogP contribution is 2.26. The van der Waals surface area contributed by atoms with E-state index in [0.717, 1.165) is 4.83 Å². The molecule has 1 amide bonds. The van der Waals surface area contributed by atoms with Crippen molar-refractivity contribution >= 4 is 56.1 Å². The standard InChI is InChI=1S/C25H30ClN7O3S/c1-14(30-19-18-21(28-12-27-19)37-13-29-18)20-31-16-9-7-8-15(26)17(16)22(34)33(20)11-10-25(5,6)32-23(35)36-24(2,3)4/h7-9,12-14H,10-11H2,1-6H3,(H,32,35)(H,27,28,30)/t14-/m0/s1. The van der Waals surface area contributed by atoms with Crippen molar-refractivity contribution in [2.75, 3.05) is 5.32 Å². The minimum atomic E-state index is -0.662. The summed E-state index contributed by atoms with van der Waals surface area (Å²) in [5, 5.41) is 6.92. The number of ether oxygens (including phenoxy) is 1. The van der Waals surface area contributed by atoms with Crippen LogP contribution in [-0.4, -0.2) is 41.7 Å². The Balaban J connectivity index is 1.68. The number of anilines is 1. The van der Waals surface area contributed by atoms with Crippen LogP contribution in [0, 0.1) is 0 Å². The van der Waals surface area contributed by atoms with Crippen molar-refractivity contribution in [3.05, 3.63) is 51.2 Å². The van der Waals surface area contributed by atoms with E-state index in [4.69, 9.17) is 21.3 Å². The van der Waals surface area contributed by atoms with Gasteiger partial charge in [0, 0.05) is 12.1 Å². The number of nitrogens with zero attached hydrogens (tertiary/aromatic N) is 5. The van der Waals surface area contributed by atoms with Crippen LogP contribution < -0.4 is 16.2 Å². The fraction of sp³-hybridized carbons (Fsp3) is 0.440. The second kappa shape index (κ2) is 10.2. The predicted octanol–water partition coefficient (Wildman–Crippen LogP) is 5.32. The Morgan fingerprint density at radius 2 is 1.95 bits per heavy atom. The summed E-state index contributed by atoms with van der Waals surface area (Å²) in [5.74, 6) is 1.06. The molecule has 0 fully saturated rings. The molecule has 0 unspecified atom stereocenters. The van der Waals surface area contributed by atoms with Gasteiger partial charge in [-0.05, 0) is 60.1 Å². The third-order valence-electron chi connectivity index (χ3n) is 5.64. The number of nitrogens with one attached hydrogen (secondary N) is 2. The van der Waals surface area contributed by atoms with E-state index in [1.165, 1.54) is 17.7 Å². The number of amides is 1. The Bertz CT molecular complexity index is 1510. The van der Waals surface area contributed by atoms with E-state index in [0.29, 0.717) is 39.5 Å². The lowest BCUT2D eigenvalue weighted by Crippen LogP contribution is -2.47. The van der Waals surface area contributed by atoms with Crippen molar-refractivity contribution in [2.24, 2.45) is 0 Å². The number of carbonyl (C=O) groups is 1. The van der Waals surface area contributed by atoms with Crippen LogP contribution >= 0.6 is 22.9 Å². The number of carbonyl (C=O) groups excluding carboxylic acids is 1. The number of rotatable bonds is 7. The summed E-state index contributed by atoms with van der Waals surface area (Å²) < 4.78 is 7.01. The number of hydrogen-bond acceptors (Lipinski definition) is 9. The Morgan fingerprint density at radius 1 is 1.19 bits per heavy atom. The Kier molecular flexibility index (Phi) is 7.38. The summed E-state index contributed by atoms with van der Waals surface area (Å²) in [4.78, 5) is 44.6. The number of aromatic nitrogens is 5. The molecule has 3 aromatic heterocycles. The van der Waals surface area contributed by atoms with Gasteiger partial charge in [-0.3, -0.25) is 9.36 Å². The molecule has 0 spiro atoms. The van der Waals surface area contributed by atoms with E-state index in [2.05, 4.69) is 25.6 Å². The molecule has 37 heavy (non-hydrogen) atoms. The van der Waals surface area contributed by atoms with Crippen LogP contribution in [0.3, 0.4) is 0 Å². The maximum atomic E-state index is 13.7. The first-order valence-corrected chi connectivity index (χ1v) is 13.1. The van der Waals surface area contributed by atoms with Crippen LogP contribution in [0.25, 0.3) is 21.3 Å². The maximum Gasteiger partial charge on any atom is 0.408 e. The SMILES string of the molecule is C[C@H](Nc1ncnc2scnc12)c1nc2cccc(Cl)c2c(=O)n1CCC(C)(C)NC(=O)OC(C)(C)C. The van der Waals surface area contributed by atoms with Crippen molar-refractivity contribution in [2.45, 2.75) is 71.7 Å². The number of thiazole rings is 1. The topological polar surface area (TPSA) is 124 Å². The molecule has 4 aromatic rings. The van der Waals surface area contributed by atoms with Gasteiger partial charge >= 0.3 is 6.09 Å². The molecule has 10 nitrogen and oxygen atoms in total. The van der Waals surface area contributed by atoms with Crippen molar-refractivity contribution < 1.29 is 9.53 Å². The highest BCUT2D eigenvalue weighted by molar-refractivity contribution is 7.16. The van der Waals surface area contributed by atoms with Gasteiger partial charge in [0.1, 0.15) is 28.1 Å². The van der Waals surface area contributed by atoms with Crippen LogP contribution in [0.1, 0.15) is 59.8 Å². The Labute approximate surface area is 223 Å². The van der Waals surface area contributed by atoms with Gasteiger partial charge < -0.3 is 15.4 Å². The summed E-state index contributed by atoms with van der Waals surface area (Å²) in [6, 6.07) is 4.80. The van der Waals surface area contributed by atoms with Crippen molar-refractivity contribution in [1.29, 1.82) is 0 Å². The average Bonchev–Trinajstić information content (AvgIpc) is 3.26. The van der Waals surface area contributed by atoms with Crippen LogP contribution in [-0.2, 0) is 11.3 Å². The third-order valence-corrected chi connectivity index (χ3v) is 6.69. The minimum Gasteiger partial charge on any atom is -0.444 e. The van der Waals surface area contributed by atoms with E-state index in [1.54, 1.807) is 49.0 Å². The maximum absolute atomic E-state index is 13.7. The van der Waals surface area contributed by atoms with E-state index in [-0.39, 0.29) is 12.1 Å². The molecular weight excluding hydrogens is 514 g/mol. The number of halogens is 1. The zero-order valence-electron chi connectivity index (χ0n) is 21.6. The van der Waals surface area contributed by atoms with Crippen LogP contribution in [0.2, 0.25) is 5.02 Å². The molecular formula is C25H30ClN7O3S. The Morgan fingerprint density at radius 3 is 2.68 bits per heavy atom. The largest absolute Gasteiger partial charge is 0.444 e. The number of alkyl carbamates (subject to hydrolysis) is 1. The summed E-state index contributed by atoms with van der Waals surface area (Å²) in [6.07, 6.45) is 1.39. The third kappa shape index (κ3) is 6.16. The summed E-state index contributed by atoms with van der Waals surface area (Å²) in [7, 11) is 0. The lowest BCUT2D eigenvalue weighted by molar-refractivity contribution is 0.0465. The van der Waals surface area contributed by atoms with Gasteiger partial charge in [0.2, 0.25) is 0 Å². The zero-order chi connectivity index (χ0) is 27.0. The van der Waals surface area contributed by atoms with Crippen LogP contribution in [0.4, 0.5) is 10.6 Å². The smallest absolute Gasteiger partial charge is 0.408 e. The average molecular weight is 544 g/mol. The van der Waals surface area contributed by atoms with Crippen LogP contribution in [0.15, 0.2) is 34.8 Å². The van der Waals surface area contributed by atoms with Crippen molar-refractivity contribution in [3.8, 4) is 0 Å². The second-order valence-corrected chi connectivity index (χ2v) is 11.7. The molecule has 196 valence electrons. The first-order chi connectivity index (χ1) is 17.3. The predicted molar refractivity (Wildman–Crippen MR) is 146 cm³/mol. The quantitative estimate of drug-likeness (QED) is 0.321. The molecule has 2 N–H and O–H groups in total. The van der Waals surface area contributed by atoms with Gasteiger partial charge in [-0.2, -0.15) is 0 Å². The van der Waals surface area contributed by atoms with Gasteiger partial charge in [0.05, 0.1) is 27.5 Å². The minimum absolute atomic E-state index is 0.256. The molecule has 0 radical (unpaired) electrons. The molecule has 3 heterocycles. The van der Waals surface area contributed by atoms with Gasteiger partial charge in [-0.15, -0.1) is 11.3 Å². The fourth-order valence-electron chi connectivity index (χ4n) is 3.89. The van der Waals surface area contributed by atoms with E-state index in [1.807, 2.05) is 20.8 Å². The van der Waals surface area contributed by atoms with Crippen LogP contribution in [0.5, 0.6) is 0 Å². The highest BCUT2D eigenvalue weighted by atomic mass is 35.5. The molecule has 12 heteroatoms. The molecule has 0 aliphatic carbocycles. The van der Waals surface area contributed by atoms with Gasteiger partial charge in [0.15, 0.2) is 5.82 Å². The first kappa shape index (κ1) is 26.7. The van der Waals surface area contributed by atoms with Crippen molar-refractivity contribution in [3.63, 3.8) is 0 Å². The second-order valence-electron chi connectivity index (χ2n) is 10.4.